The minimum Gasteiger partial charge on any atom is -0.408 e. The van der Waals surface area contributed by atoms with E-state index in [9.17, 15) is 13.6 Å². The highest BCUT2D eigenvalue weighted by atomic mass is 19.1. The molecule has 9 heteroatoms. The molecule has 2 saturated heterocycles. The molecule has 0 N–H and O–H groups in total. The number of hydrogen-bond donors (Lipinski definition) is 0. The molecular formula is C18H20F2N4O3. The van der Waals surface area contributed by atoms with Crippen LogP contribution in [0.2, 0.25) is 0 Å². The maximum atomic E-state index is 13.6. The Balaban J connectivity index is 1.43. The van der Waals surface area contributed by atoms with Gasteiger partial charge >= 0.3 is 6.01 Å². The second kappa shape index (κ2) is 7.22. The first kappa shape index (κ1) is 17.8. The normalized spacial score (nSPS) is 21.1. The predicted octanol–water partition coefficient (Wildman–Crippen LogP) is 2.78. The van der Waals surface area contributed by atoms with Crippen molar-refractivity contribution in [3.63, 3.8) is 0 Å². The van der Waals surface area contributed by atoms with Crippen LogP contribution >= 0.6 is 0 Å². The molecule has 2 aliphatic rings. The summed E-state index contributed by atoms with van der Waals surface area (Å²) in [5.74, 6) is -1.19. The van der Waals surface area contributed by atoms with Crippen molar-refractivity contribution in [2.45, 2.75) is 32.2 Å². The number of hydroxylamine groups is 2. The summed E-state index contributed by atoms with van der Waals surface area (Å²) in [4.78, 5) is 20.4. The van der Waals surface area contributed by atoms with Crippen LogP contribution in [0.3, 0.4) is 0 Å². The van der Waals surface area contributed by atoms with E-state index in [0.717, 1.165) is 6.07 Å². The minimum atomic E-state index is -0.660. The zero-order valence-corrected chi connectivity index (χ0v) is 14.9. The number of nitrogens with zero attached hydrogens (tertiary/aromatic N) is 4. The van der Waals surface area contributed by atoms with E-state index in [4.69, 9.17) is 9.25 Å². The summed E-state index contributed by atoms with van der Waals surface area (Å²) >= 11 is 0. The van der Waals surface area contributed by atoms with Crippen LogP contribution in [0, 0.1) is 24.5 Å². The van der Waals surface area contributed by atoms with Crippen molar-refractivity contribution in [1.82, 2.24) is 15.3 Å². The molecular weight excluding hydrogens is 358 g/mol. The van der Waals surface area contributed by atoms with Gasteiger partial charge in [0.2, 0.25) is 11.8 Å². The summed E-state index contributed by atoms with van der Waals surface area (Å²) in [5.41, 5.74) is 0.414. The Morgan fingerprint density at radius 1 is 1.11 bits per heavy atom. The molecule has 0 unspecified atom stereocenters. The molecule has 0 aliphatic carbocycles. The van der Waals surface area contributed by atoms with E-state index in [2.05, 4.69) is 10.2 Å². The van der Waals surface area contributed by atoms with Gasteiger partial charge in [-0.15, -0.1) is 5.10 Å². The number of hydrogen-bond acceptors (Lipinski definition) is 6. The average Bonchev–Trinajstić information content (AvgIpc) is 3.29. The van der Waals surface area contributed by atoms with Gasteiger partial charge < -0.3 is 9.32 Å². The van der Waals surface area contributed by atoms with Crippen LogP contribution in [0.5, 0.6) is 0 Å². The molecule has 0 saturated carbocycles. The third-order valence-electron chi connectivity index (χ3n) is 5.02. The van der Waals surface area contributed by atoms with E-state index in [1.54, 1.807) is 6.92 Å². The van der Waals surface area contributed by atoms with E-state index < -0.39 is 17.7 Å². The fraction of sp³-hybridized carbons (Fsp3) is 0.500. The zero-order chi connectivity index (χ0) is 19.0. The maximum Gasteiger partial charge on any atom is 0.318 e. The topological polar surface area (TPSA) is 71.7 Å². The van der Waals surface area contributed by atoms with Crippen LogP contribution in [0.4, 0.5) is 14.8 Å². The molecule has 2 aliphatic heterocycles. The Morgan fingerprint density at radius 2 is 1.81 bits per heavy atom. The Hall–Kier alpha value is -2.55. The third kappa shape index (κ3) is 3.64. The maximum absolute atomic E-state index is 13.6. The number of piperidine rings is 1. The first-order valence-electron chi connectivity index (χ1n) is 8.98. The lowest BCUT2D eigenvalue weighted by Gasteiger charge is -2.33. The van der Waals surface area contributed by atoms with Crippen LogP contribution in [-0.4, -0.2) is 40.9 Å². The summed E-state index contributed by atoms with van der Waals surface area (Å²) in [5, 5.41) is 9.12. The summed E-state index contributed by atoms with van der Waals surface area (Å²) in [7, 11) is 0. The van der Waals surface area contributed by atoms with E-state index in [1.165, 1.54) is 17.2 Å². The van der Waals surface area contributed by atoms with Gasteiger partial charge in [0.25, 0.3) is 0 Å². The van der Waals surface area contributed by atoms with E-state index in [0.29, 0.717) is 56.4 Å². The highest BCUT2D eigenvalue weighted by Crippen LogP contribution is 2.34. The van der Waals surface area contributed by atoms with Crippen molar-refractivity contribution >= 4 is 11.9 Å². The quantitative estimate of drug-likeness (QED) is 0.818. The highest BCUT2D eigenvalue weighted by Gasteiger charge is 2.37. The fourth-order valence-corrected chi connectivity index (χ4v) is 3.67. The Morgan fingerprint density at radius 3 is 2.44 bits per heavy atom. The standard InChI is InChI=1S/C18H20F2N4O3/c1-11-21-22-18(27-11)23-5-2-12(3-6-23)17(25)24-16(4-7-26-24)13-8-14(19)10-15(20)9-13/h8-10,12,16H,2-7H2,1H3/t16-/m1/s1. The lowest BCUT2D eigenvalue weighted by atomic mass is 9.94. The van der Waals surface area contributed by atoms with Crippen molar-refractivity contribution in [2.24, 2.45) is 5.92 Å². The second-order valence-electron chi connectivity index (χ2n) is 6.87. The molecule has 1 amide bonds. The number of rotatable bonds is 3. The molecule has 144 valence electrons. The molecule has 4 rings (SSSR count). The molecule has 0 radical (unpaired) electrons. The largest absolute Gasteiger partial charge is 0.408 e. The van der Waals surface area contributed by atoms with Crippen molar-refractivity contribution in [3.05, 3.63) is 41.3 Å². The first-order valence-corrected chi connectivity index (χ1v) is 8.98. The summed E-state index contributed by atoms with van der Waals surface area (Å²) in [6.45, 7) is 3.30. The summed E-state index contributed by atoms with van der Waals surface area (Å²) in [6, 6.07) is 3.32. The van der Waals surface area contributed by atoms with Crippen LogP contribution in [0.15, 0.2) is 22.6 Å². The summed E-state index contributed by atoms with van der Waals surface area (Å²) in [6.07, 6.45) is 1.74. The molecule has 3 heterocycles. The third-order valence-corrected chi connectivity index (χ3v) is 5.02. The molecule has 2 aromatic rings. The first-order chi connectivity index (χ1) is 13.0. The van der Waals surface area contributed by atoms with Gasteiger partial charge in [-0.25, -0.2) is 13.8 Å². The number of amides is 1. The zero-order valence-electron chi connectivity index (χ0n) is 14.9. The fourth-order valence-electron chi connectivity index (χ4n) is 3.67. The number of carbonyl (C=O) groups excluding carboxylic acids is 1. The Kier molecular flexibility index (Phi) is 4.77. The van der Waals surface area contributed by atoms with Crippen LogP contribution in [0.1, 0.15) is 36.8 Å². The molecule has 0 spiro atoms. The summed E-state index contributed by atoms with van der Waals surface area (Å²) < 4.78 is 32.5. The molecule has 1 aromatic carbocycles. The molecule has 0 bridgehead atoms. The van der Waals surface area contributed by atoms with Crippen molar-refractivity contribution < 1.29 is 22.8 Å². The number of anilines is 1. The van der Waals surface area contributed by atoms with Gasteiger partial charge in [-0.05, 0) is 30.5 Å². The van der Waals surface area contributed by atoms with Gasteiger partial charge in [-0.2, -0.15) is 0 Å². The average molecular weight is 378 g/mol. The minimum absolute atomic E-state index is 0.150. The number of halogens is 2. The van der Waals surface area contributed by atoms with E-state index >= 15 is 0 Å². The lowest BCUT2D eigenvalue weighted by molar-refractivity contribution is -0.182. The predicted molar refractivity (Wildman–Crippen MR) is 90.5 cm³/mol. The van der Waals surface area contributed by atoms with Gasteiger partial charge in [0.1, 0.15) is 11.6 Å². The molecule has 7 nitrogen and oxygen atoms in total. The van der Waals surface area contributed by atoms with Gasteiger partial charge in [0.05, 0.1) is 12.6 Å². The van der Waals surface area contributed by atoms with Gasteiger partial charge in [0.15, 0.2) is 0 Å². The molecule has 1 aromatic heterocycles. The van der Waals surface area contributed by atoms with E-state index in [-0.39, 0.29) is 11.8 Å². The second-order valence-corrected chi connectivity index (χ2v) is 6.87. The SMILES string of the molecule is Cc1nnc(N2CCC(C(=O)N3OCC[C@@H]3c3cc(F)cc(F)c3)CC2)o1. The Bertz CT molecular complexity index is 816. The molecule has 2 fully saturated rings. The highest BCUT2D eigenvalue weighted by molar-refractivity contribution is 5.78. The monoisotopic (exact) mass is 378 g/mol. The lowest BCUT2D eigenvalue weighted by Crippen LogP contribution is -2.42. The van der Waals surface area contributed by atoms with Crippen molar-refractivity contribution in [1.29, 1.82) is 0 Å². The van der Waals surface area contributed by atoms with Crippen LogP contribution in [0.25, 0.3) is 0 Å². The number of benzene rings is 1. The van der Waals surface area contributed by atoms with Crippen molar-refractivity contribution in [3.8, 4) is 0 Å². The van der Waals surface area contributed by atoms with E-state index in [1.807, 2.05) is 4.90 Å². The number of carbonyl (C=O) groups is 1. The van der Waals surface area contributed by atoms with Gasteiger partial charge in [0, 0.05) is 38.4 Å². The van der Waals surface area contributed by atoms with Crippen LogP contribution < -0.4 is 4.90 Å². The number of aryl methyl sites for hydroxylation is 1. The molecule has 27 heavy (non-hydrogen) atoms. The number of aromatic nitrogens is 2. The van der Waals surface area contributed by atoms with Crippen molar-refractivity contribution in [2.75, 3.05) is 24.6 Å². The Labute approximate surface area is 154 Å². The van der Waals surface area contributed by atoms with Gasteiger partial charge in [-0.3, -0.25) is 9.63 Å². The van der Waals surface area contributed by atoms with Gasteiger partial charge in [-0.1, -0.05) is 5.10 Å². The smallest absolute Gasteiger partial charge is 0.318 e. The molecule has 1 atom stereocenters. The van der Waals surface area contributed by atoms with Crippen LogP contribution in [-0.2, 0) is 9.63 Å².